The fourth-order valence-electron chi connectivity index (χ4n) is 5.53. The van der Waals surface area contributed by atoms with E-state index in [-0.39, 0.29) is 24.5 Å². The summed E-state index contributed by atoms with van der Waals surface area (Å²) in [6.07, 6.45) is -6.14. The van der Waals surface area contributed by atoms with Crippen molar-refractivity contribution in [2.75, 3.05) is 13.2 Å². The maximum Gasteiger partial charge on any atom is 0.187 e. The van der Waals surface area contributed by atoms with E-state index in [1.165, 1.54) is 6.92 Å². The molecule has 3 fully saturated rings. The van der Waals surface area contributed by atoms with E-state index in [1.807, 2.05) is 0 Å². The highest BCUT2D eigenvalue weighted by atomic mass is 16.7. The van der Waals surface area contributed by atoms with E-state index in [9.17, 15) is 40.5 Å². The molecule has 0 aromatic rings. The standard InChI is InChI=1S/C21H36O10/c1-19(2,31-18-17(27)16(26)15(25)13(8-22)30-18)10-4-5-21(29,9-23)12-7-14(24)20(3,28)11(12)6-10/h10-13,15-18,22-23,25-29H,4-9H2,1-3H3/t10?,11?,12?,13-,15-,16+,17-,18+,20?,21?/m1/s1. The largest absolute Gasteiger partial charge is 0.394 e. The van der Waals surface area contributed by atoms with Crippen LogP contribution in [0.15, 0.2) is 0 Å². The highest BCUT2D eigenvalue weighted by Gasteiger charge is 2.60. The van der Waals surface area contributed by atoms with Gasteiger partial charge in [-0.2, -0.15) is 0 Å². The highest BCUT2D eigenvalue weighted by Crippen LogP contribution is 2.52. The summed E-state index contributed by atoms with van der Waals surface area (Å²) in [4.78, 5) is 12.4. The summed E-state index contributed by atoms with van der Waals surface area (Å²) in [6, 6.07) is 0. The van der Waals surface area contributed by atoms with Gasteiger partial charge in [0.2, 0.25) is 0 Å². The Bertz CT molecular complexity index is 665. The number of carbonyl (C=O) groups is 1. The Morgan fingerprint density at radius 3 is 2.32 bits per heavy atom. The Morgan fingerprint density at radius 2 is 1.74 bits per heavy atom. The maximum atomic E-state index is 12.4. The summed E-state index contributed by atoms with van der Waals surface area (Å²) < 4.78 is 11.5. The number of hydrogen-bond donors (Lipinski definition) is 7. The maximum absolute atomic E-state index is 12.4. The van der Waals surface area contributed by atoms with Gasteiger partial charge < -0.3 is 45.2 Å². The molecule has 2 aliphatic carbocycles. The fourth-order valence-corrected chi connectivity index (χ4v) is 5.53. The quantitative estimate of drug-likeness (QED) is 0.250. The molecule has 10 heteroatoms. The minimum Gasteiger partial charge on any atom is -0.394 e. The van der Waals surface area contributed by atoms with Gasteiger partial charge in [0.15, 0.2) is 12.1 Å². The lowest BCUT2D eigenvalue weighted by Gasteiger charge is -2.45. The van der Waals surface area contributed by atoms with Crippen LogP contribution in [0.5, 0.6) is 0 Å². The Labute approximate surface area is 181 Å². The molecule has 0 aromatic heterocycles. The van der Waals surface area contributed by atoms with Crippen LogP contribution in [0.1, 0.15) is 46.5 Å². The van der Waals surface area contributed by atoms with E-state index in [1.54, 1.807) is 13.8 Å². The Hall–Kier alpha value is -0.690. The Morgan fingerprint density at radius 1 is 1.10 bits per heavy atom. The molecule has 0 bridgehead atoms. The zero-order valence-corrected chi connectivity index (χ0v) is 18.2. The third-order valence-electron chi connectivity index (χ3n) is 7.86. The van der Waals surface area contributed by atoms with Gasteiger partial charge in [0.25, 0.3) is 0 Å². The molecule has 10 atom stereocenters. The second kappa shape index (κ2) is 8.58. The van der Waals surface area contributed by atoms with Gasteiger partial charge in [-0.1, -0.05) is 0 Å². The molecule has 1 saturated heterocycles. The van der Waals surface area contributed by atoms with Crippen molar-refractivity contribution >= 4 is 5.78 Å². The first kappa shape index (κ1) is 24.9. The normalized spacial score (nSPS) is 49.0. The van der Waals surface area contributed by atoms with Gasteiger partial charge in [-0.25, -0.2) is 0 Å². The summed E-state index contributed by atoms with van der Waals surface area (Å²) in [5.41, 5.74) is -4.15. The number of hydrogen-bond acceptors (Lipinski definition) is 10. The van der Waals surface area contributed by atoms with Crippen LogP contribution in [0, 0.1) is 17.8 Å². The van der Waals surface area contributed by atoms with Gasteiger partial charge in [0.05, 0.1) is 24.4 Å². The first-order chi connectivity index (χ1) is 14.3. The smallest absolute Gasteiger partial charge is 0.187 e. The SMILES string of the molecule is CC(C)(O[C@@H]1O[C@H](CO)[C@@H](O)[C@H](O)[C@H]1O)C1CCC(O)(CO)C2CC(=O)C(C)(O)C2C1. The molecule has 5 unspecified atom stereocenters. The van der Waals surface area contributed by atoms with Gasteiger partial charge in [-0.15, -0.1) is 0 Å². The predicted octanol–water partition coefficient (Wildman–Crippen LogP) is -1.94. The van der Waals surface area contributed by atoms with E-state index < -0.39 is 72.6 Å². The molecule has 2 saturated carbocycles. The third kappa shape index (κ3) is 4.30. The molecular formula is C21H36O10. The number of ether oxygens (including phenoxy) is 2. The van der Waals surface area contributed by atoms with Gasteiger partial charge in [-0.3, -0.25) is 4.79 Å². The Kier molecular flexibility index (Phi) is 6.91. The van der Waals surface area contributed by atoms with Gasteiger partial charge >= 0.3 is 0 Å². The van der Waals surface area contributed by atoms with Crippen molar-refractivity contribution in [1.82, 2.24) is 0 Å². The molecule has 1 heterocycles. The minimum absolute atomic E-state index is 0.0184. The number of aliphatic hydroxyl groups excluding tert-OH is 5. The van der Waals surface area contributed by atoms with Crippen molar-refractivity contribution in [1.29, 1.82) is 0 Å². The predicted molar refractivity (Wildman–Crippen MR) is 106 cm³/mol. The van der Waals surface area contributed by atoms with Crippen molar-refractivity contribution in [3.63, 3.8) is 0 Å². The van der Waals surface area contributed by atoms with Crippen LogP contribution in [0.3, 0.4) is 0 Å². The summed E-state index contributed by atoms with van der Waals surface area (Å²) >= 11 is 0. The van der Waals surface area contributed by atoms with Crippen molar-refractivity contribution < 1.29 is 50.0 Å². The van der Waals surface area contributed by atoms with Crippen molar-refractivity contribution in [3.05, 3.63) is 0 Å². The average Bonchev–Trinajstić information content (AvgIpc) is 2.84. The molecule has 3 aliphatic rings. The second-order valence-corrected chi connectivity index (χ2v) is 10.1. The van der Waals surface area contributed by atoms with Crippen molar-refractivity contribution in [2.24, 2.45) is 17.8 Å². The first-order valence-electron chi connectivity index (χ1n) is 10.9. The zero-order chi connectivity index (χ0) is 23.4. The van der Waals surface area contributed by atoms with E-state index in [4.69, 9.17) is 9.47 Å². The molecule has 0 aromatic carbocycles. The fraction of sp³-hybridized carbons (Fsp3) is 0.952. The van der Waals surface area contributed by atoms with Gasteiger partial charge in [0.1, 0.15) is 30.0 Å². The van der Waals surface area contributed by atoms with Crippen LogP contribution in [0.4, 0.5) is 0 Å². The number of aliphatic hydroxyl groups is 7. The van der Waals surface area contributed by atoms with Crippen LogP contribution in [-0.4, -0.2) is 102 Å². The van der Waals surface area contributed by atoms with E-state index >= 15 is 0 Å². The molecule has 0 spiro atoms. The van der Waals surface area contributed by atoms with Crippen LogP contribution in [0.2, 0.25) is 0 Å². The lowest BCUT2D eigenvalue weighted by molar-refractivity contribution is -0.329. The molecule has 31 heavy (non-hydrogen) atoms. The minimum atomic E-state index is -1.64. The number of rotatable bonds is 5. The van der Waals surface area contributed by atoms with Crippen molar-refractivity contribution in [3.8, 4) is 0 Å². The molecule has 10 nitrogen and oxygen atoms in total. The number of ketones is 1. The summed E-state index contributed by atoms with van der Waals surface area (Å²) in [5, 5.41) is 71.5. The number of carbonyl (C=O) groups excluding carboxylic acids is 1. The molecule has 0 radical (unpaired) electrons. The van der Waals surface area contributed by atoms with Crippen molar-refractivity contribution in [2.45, 2.75) is 94.0 Å². The van der Waals surface area contributed by atoms with Crippen LogP contribution in [-0.2, 0) is 14.3 Å². The highest BCUT2D eigenvalue weighted by molar-refractivity contribution is 5.89. The topological polar surface area (TPSA) is 177 Å². The van der Waals surface area contributed by atoms with E-state index in [2.05, 4.69) is 0 Å². The average molecular weight is 449 g/mol. The lowest BCUT2D eigenvalue weighted by atomic mass is 9.74. The van der Waals surface area contributed by atoms with Gasteiger partial charge in [0, 0.05) is 18.3 Å². The molecule has 3 rings (SSSR count). The monoisotopic (exact) mass is 448 g/mol. The molecule has 180 valence electrons. The number of fused-ring (bicyclic) bond motifs is 1. The third-order valence-corrected chi connectivity index (χ3v) is 7.86. The molecule has 7 N–H and O–H groups in total. The summed E-state index contributed by atoms with van der Waals surface area (Å²) in [7, 11) is 0. The molecule has 0 amide bonds. The molecule has 1 aliphatic heterocycles. The van der Waals surface area contributed by atoms with Crippen LogP contribution >= 0.6 is 0 Å². The first-order valence-corrected chi connectivity index (χ1v) is 10.9. The summed E-state index contributed by atoms with van der Waals surface area (Å²) in [5.74, 6) is -1.86. The second-order valence-electron chi connectivity index (χ2n) is 10.1. The zero-order valence-electron chi connectivity index (χ0n) is 18.2. The lowest BCUT2D eigenvalue weighted by Crippen LogP contribution is -2.61. The van der Waals surface area contributed by atoms with Crippen LogP contribution in [0.25, 0.3) is 0 Å². The van der Waals surface area contributed by atoms with Gasteiger partial charge in [-0.05, 0) is 46.0 Å². The van der Waals surface area contributed by atoms with Crippen LogP contribution < -0.4 is 0 Å². The number of Topliss-reactive ketones (excluding diaryl/α,β-unsaturated/α-hetero) is 1. The summed E-state index contributed by atoms with van der Waals surface area (Å²) in [6.45, 7) is 3.81. The molecular weight excluding hydrogens is 412 g/mol. The Balaban J connectivity index is 1.83. The van der Waals surface area contributed by atoms with E-state index in [0.717, 1.165) is 0 Å². The van der Waals surface area contributed by atoms with E-state index in [0.29, 0.717) is 12.8 Å².